The van der Waals surface area contributed by atoms with E-state index in [4.69, 9.17) is 10.9 Å². The number of hydrogen-bond donors (Lipinski definition) is 2. The zero-order valence-electron chi connectivity index (χ0n) is 11.9. The van der Waals surface area contributed by atoms with E-state index in [2.05, 4.69) is 26.1 Å². The van der Waals surface area contributed by atoms with E-state index in [1.807, 2.05) is 55.3 Å². The Kier molecular flexibility index (Phi) is 4.80. The van der Waals surface area contributed by atoms with Gasteiger partial charge in [0.1, 0.15) is 5.82 Å². The largest absolute Gasteiger partial charge is 0.409 e. The first-order valence-electron chi connectivity index (χ1n) is 6.43. The summed E-state index contributed by atoms with van der Waals surface area (Å²) in [4.78, 5) is 6.48. The molecule has 110 valence electrons. The van der Waals surface area contributed by atoms with Gasteiger partial charge in [0, 0.05) is 23.8 Å². The van der Waals surface area contributed by atoms with E-state index in [0.717, 1.165) is 15.7 Å². The molecule has 0 spiro atoms. The van der Waals surface area contributed by atoms with Crippen molar-refractivity contribution in [3.8, 4) is 0 Å². The zero-order valence-corrected chi connectivity index (χ0v) is 13.5. The molecule has 1 aromatic heterocycles. The summed E-state index contributed by atoms with van der Waals surface area (Å²) >= 11 is 3.54. The molecule has 0 saturated carbocycles. The molecule has 0 aliphatic rings. The number of pyridine rings is 1. The lowest BCUT2D eigenvalue weighted by Gasteiger charge is -2.22. The molecule has 3 N–H and O–H groups in total. The van der Waals surface area contributed by atoms with Crippen LogP contribution in [-0.2, 0) is 6.54 Å². The number of halogens is 1. The number of benzene rings is 1. The predicted molar refractivity (Wildman–Crippen MR) is 87.7 cm³/mol. The van der Waals surface area contributed by atoms with Crippen molar-refractivity contribution >= 4 is 27.6 Å². The lowest BCUT2D eigenvalue weighted by molar-refractivity contribution is 0.318. The number of aromatic nitrogens is 1. The molecule has 6 heteroatoms. The minimum absolute atomic E-state index is 0.0523. The number of oxime groups is 1. The van der Waals surface area contributed by atoms with E-state index in [9.17, 15) is 0 Å². The third kappa shape index (κ3) is 3.52. The smallest absolute Gasteiger partial charge is 0.173 e. The highest BCUT2D eigenvalue weighted by Crippen LogP contribution is 2.22. The first-order chi connectivity index (χ1) is 10.0. The van der Waals surface area contributed by atoms with Gasteiger partial charge in [0.2, 0.25) is 0 Å². The van der Waals surface area contributed by atoms with Gasteiger partial charge in [-0.2, -0.15) is 0 Å². The average Bonchev–Trinajstić information content (AvgIpc) is 2.48. The first-order valence-corrected chi connectivity index (χ1v) is 7.22. The Bertz CT molecular complexity index is 672. The summed E-state index contributed by atoms with van der Waals surface area (Å²) in [6.45, 7) is 2.56. The summed E-state index contributed by atoms with van der Waals surface area (Å²) in [5.74, 6) is 0.734. The lowest BCUT2D eigenvalue weighted by atomic mass is 10.1. The van der Waals surface area contributed by atoms with Crippen molar-refractivity contribution in [1.82, 2.24) is 4.98 Å². The summed E-state index contributed by atoms with van der Waals surface area (Å²) in [7, 11) is 1.93. The van der Waals surface area contributed by atoms with Crippen LogP contribution in [0.25, 0.3) is 0 Å². The molecule has 2 rings (SSSR count). The van der Waals surface area contributed by atoms with E-state index in [-0.39, 0.29) is 5.84 Å². The molecule has 21 heavy (non-hydrogen) atoms. The lowest BCUT2D eigenvalue weighted by Crippen LogP contribution is -2.24. The molecule has 0 amide bonds. The number of rotatable bonds is 4. The van der Waals surface area contributed by atoms with Crippen LogP contribution in [-0.4, -0.2) is 23.1 Å². The fraction of sp³-hybridized carbons (Fsp3) is 0.200. The topological polar surface area (TPSA) is 74.7 Å². The van der Waals surface area contributed by atoms with Crippen molar-refractivity contribution in [1.29, 1.82) is 0 Å². The van der Waals surface area contributed by atoms with Crippen molar-refractivity contribution < 1.29 is 5.21 Å². The Balaban J connectivity index is 2.37. The Morgan fingerprint density at radius 3 is 2.71 bits per heavy atom. The molecule has 0 aliphatic carbocycles. The number of hydrogen-bond acceptors (Lipinski definition) is 4. The van der Waals surface area contributed by atoms with Crippen LogP contribution in [0.4, 0.5) is 5.82 Å². The monoisotopic (exact) mass is 348 g/mol. The molecular formula is C15H17BrN4O. The molecule has 2 aromatic rings. The van der Waals surface area contributed by atoms with Gasteiger partial charge in [-0.25, -0.2) is 4.98 Å². The van der Waals surface area contributed by atoms with Crippen LogP contribution in [0.2, 0.25) is 0 Å². The van der Waals surface area contributed by atoms with Gasteiger partial charge in [0.15, 0.2) is 5.84 Å². The highest BCUT2D eigenvalue weighted by molar-refractivity contribution is 9.10. The summed E-state index contributed by atoms with van der Waals surface area (Å²) in [6.07, 6.45) is 0. The number of nitrogens with zero attached hydrogens (tertiary/aromatic N) is 3. The van der Waals surface area contributed by atoms with Gasteiger partial charge in [-0.1, -0.05) is 39.3 Å². The SMILES string of the molecule is Cc1ccc(C(N)=NO)c(N(C)Cc2ccccc2Br)n1. The number of amidine groups is 1. The second-order valence-corrected chi connectivity index (χ2v) is 5.61. The molecule has 1 aromatic carbocycles. The normalized spacial score (nSPS) is 11.5. The third-order valence-electron chi connectivity index (χ3n) is 3.12. The van der Waals surface area contributed by atoms with Crippen molar-refractivity contribution in [2.45, 2.75) is 13.5 Å². The highest BCUT2D eigenvalue weighted by Gasteiger charge is 2.14. The predicted octanol–water partition coefficient (Wildman–Crippen LogP) is 2.88. The molecule has 0 saturated heterocycles. The second-order valence-electron chi connectivity index (χ2n) is 4.76. The van der Waals surface area contributed by atoms with Gasteiger partial charge in [-0.05, 0) is 30.7 Å². The fourth-order valence-corrected chi connectivity index (χ4v) is 2.45. The molecule has 0 radical (unpaired) electrons. The Morgan fingerprint density at radius 1 is 1.33 bits per heavy atom. The van der Waals surface area contributed by atoms with E-state index < -0.39 is 0 Å². The molecule has 0 unspecified atom stereocenters. The summed E-state index contributed by atoms with van der Waals surface area (Å²) < 4.78 is 1.04. The minimum Gasteiger partial charge on any atom is -0.409 e. The van der Waals surface area contributed by atoms with Crippen LogP contribution in [0.15, 0.2) is 46.0 Å². The third-order valence-corrected chi connectivity index (χ3v) is 3.90. The van der Waals surface area contributed by atoms with Gasteiger partial charge in [0.25, 0.3) is 0 Å². The zero-order chi connectivity index (χ0) is 15.4. The van der Waals surface area contributed by atoms with Crippen LogP contribution in [0.5, 0.6) is 0 Å². The minimum atomic E-state index is 0.0523. The van der Waals surface area contributed by atoms with Gasteiger partial charge >= 0.3 is 0 Å². The number of aryl methyl sites for hydroxylation is 1. The molecule has 0 fully saturated rings. The number of nitrogens with two attached hydrogens (primary N) is 1. The molecule has 1 heterocycles. The van der Waals surface area contributed by atoms with Gasteiger partial charge < -0.3 is 15.8 Å². The Morgan fingerprint density at radius 2 is 2.05 bits per heavy atom. The summed E-state index contributed by atoms with van der Waals surface area (Å²) in [6, 6.07) is 11.6. The van der Waals surface area contributed by atoms with Gasteiger partial charge in [-0.3, -0.25) is 0 Å². The second kappa shape index (κ2) is 6.58. The van der Waals surface area contributed by atoms with Crippen molar-refractivity contribution in [3.63, 3.8) is 0 Å². The Labute approximate surface area is 132 Å². The number of anilines is 1. The molecule has 0 atom stereocenters. The summed E-state index contributed by atoms with van der Waals surface area (Å²) in [5, 5.41) is 12.0. The quantitative estimate of drug-likeness (QED) is 0.385. The molecule has 0 bridgehead atoms. The van der Waals surface area contributed by atoms with Crippen molar-refractivity contribution in [2.75, 3.05) is 11.9 Å². The van der Waals surface area contributed by atoms with Crippen LogP contribution in [0.3, 0.4) is 0 Å². The highest BCUT2D eigenvalue weighted by atomic mass is 79.9. The van der Waals surface area contributed by atoms with Crippen LogP contribution in [0, 0.1) is 6.92 Å². The average molecular weight is 349 g/mol. The fourth-order valence-electron chi connectivity index (χ4n) is 2.04. The summed E-state index contributed by atoms with van der Waals surface area (Å²) in [5.41, 5.74) is 8.35. The van der Waals surface area contributed by atoms with Crippen molar-refractivity contribution in [2.24, 2.45) is 10.9 Å². The van der Waals surface area contributed by atoms with E-state index in [0.29, 0.717) is 17.9 Å². The molecule has 0 aliphatic heterocycles. The maximum absolute atomic E-state index is 8.91. The van der Waals surface area contributed by atoms with Crippen molar-refractivity contribution in [3.05, 3.63) is 57.7 Å². The standard InChI is InChI=1S/C15H17BrN4O/c1-10-7-8-12(14(17)19-21)15(18-10)20(2)9-11-5-3-4-6-13(11)16/h3-8,21H,9H2,1-2H3,(H2,17,19). The molecular weight excluding hydrogens is 332 g/mol. The van der Waals surface area contributed by atoms with Crippen LogP contribution < -0.4 is 10.6 Å². The molecule has 5 nitrogen and oxygen atoms in total. The Hall–Kier alpha value is -2.08. The van der Waals surface area contributed by atoms with E-state index >= 15 is 0 Å². The van der Waals surface area contributed by atoms with Crippen LogP contribution in [0.1, 0.15) is 16.8 Å². The van der Waals surface area contributed by atoms with E-state index in [1.165, 1.54) is 0 Å². The van der Waals surface area contributed by atoms with Crippen LogP contribution >= 0.6 is 15.9 Å². The van der Waals surface area contributed by atoms with E-state index in [1.54, 1.807) is 0 Å². The van der Waals surface area contributed by atoms with Gasteiger partial charge in [-0.15, -0.1) is 0 Å². The van der Waals surface area contributed by atoms with Gasteiger partial charge in [0.05, 0.1) is 5.56 Å². The maximum Gasteiger partial charge on any atom is 0.173 e. The first kappa shape index (κ1) is 15.3. The maximum atomic E-state index is 8.91.